The molecule has 2 heterocycles. The summed E-state index contributed by atoms with van der Waals surface area (Å²) in [5, 5.41) is 11.4. The minimum atomic E-state index is 0.830. The zero-order chi connectivity index (χ0) is 21.5. The van der Waals surface area contributed by atoms with Gasteiger partial charge in [0.15, 0.2) is 11.5 Å². The van der Waals surface area contributed by atoms with Crippen LogP contribution in [0, 0.1) is 0 Å². The molecule has 4 aromatic carbocycles. The zero-order valence-corrected chi connectivity index (χ0v) is 18.7. The van der Waals surface area contributed by atoms with Gasteiger partial charge in [-0.15, -0.1) is 10.2 Å². The molecule has 0 unspecified atom stereocenters. The summed E-state index contributed by atoms with van der Waals surface area (Å²) >= 11 is 3.52. The van der Waals surface area contributed by atoms with Gasteiger partial charge in [0.05, 0.1) is 0 Å². The number of benzene rings is 4. The quantitative estimate of drug-likeness (QED) is 0.263. The lowest BCUT2D eigenvalue weighted by Crippen LogP contribution is -1.94. The monoisotopic (exact) mass is 475 g/mol. The topological polar surface area (TPSA) is 30.2 Å². The minimum absolute atomic E-state index is 0.830. The third-order valence-corrected chi connectivity index (χ3v) is 6.35. The van der Waals surface area contributed by atoms with E-state index < -0.39 is 0 Å². The van der Waals surface area contributed by atoms with Crippen LogP contribution < -0.4 is 0 Å². The van der Waals surface area contributed by atoms with Crippen molar-refractivity contribution in [1.82, 2.24) is 14.6 Å². The average molecular weight is 476 g/mol. The number of hydrogen-bond donors (Lipinski definition) is 0. The summed E-state index contributed by atoms with van der Waals surface area (Å²) < 4.78 is 3.15. The lowest BCUT2D eigenvalue weighted by Gasteiger charge is -2.14. The predicted octanol–water partition coefficient (Wildman–Crippen LogP) is 7.65. The van der Waals surface area contributed by atoms with Gasteiger partial charge in [-0.2, -0.15) is 0 Å². The van der Waals surface area contributed by atoms with Crippen LogP contribution in [0.25, 0.3) is 50.1 Å². The molecule has 4 heteroatoms. The van der Waals surface area contributed by atoms with E-state index in [1.54, 1.807) is 0 Å². The summed E-state index contributed by atoms with van der Waals surface area (Å²) in [7, 11) is 0. The minimum Gasteiger partial charge on any atom is -0.281 e. The molecule has 0 amide bonds. The first-order valence-electron chi connectivity index (χ1n) is 10.5. The zero-order valence-electron chi connectivity index (χ0n) is 17.1. The second kappa shape index (κ2) is 7.74. The van der Waals surface area contributed by atoms with Crippen molar-refractivity contribution in [2.75, 3.05) is 0 Å². The molecule has 0 saturated carbocycles. The number of fused-ring (bicyclic) bond motifs is 3. The molecule has 0 aliphatic carbocycles. The highest BCUT2D eigenvalue weighted by Gasteiger charge is 2.16. The Bertz CT molecular complexity index is 1570. The lowest BCUT2D eigenvalue weighted by atomic mass is 9.92. The second-order valence-electron chi connectivity index (χ2n) is 7.72. The fourth-order valence-corrected chi connectivity index (χ4v) is 4.57. The highest BCUT2D eigenvalue weighted by Crippen LogP contribution is 2.38. The highest BCUT2D eigenvalue weighted by molar-refractivity contribution is 9.10. The van der Waals surface area contributed by atoms with Gasteiger partial charge in [0.1, 0.15) is 0 Å². The van der Waals surface area contributed by atoms with E-state index in [0.29, 0.717) is 0 Å². The molecule has 0 bridgehead atoms. The number of halogens is 1. The van der Waals surface area contributed by atoms with Gasteiger partial charge in [-0.25, -0.2) is 0 Å². The number of hydrogen-bond acceptors (Lipinski definition) is 2. The molecular weight excluding hydrogens is 458 g/mol. The van der Waals surface area contributed by atoms with Crippen LogP contribution in [0.2, 0.25) is 0 Å². The second-order valence-corrected chi connectivity index (χ2v) is 8.64. The van der Waals surface area contributed by atoms with Crippen LogP contribution in [0.5, 0.6) is 0 Å². The van der Waals surface area contributed by atoms with E-state index in [-0.39, 0.29) is 0 Å². The van der Waals surface area contributed by atoms with E-state index in [0.717, 1.165) is 37.8 Å². The average Bonchev–Trinajstić information content (AvgIpc) is 3.29. The Labute approximate surface area is 194 Å². The van der Waals surface area contributed by atoms with Crippen LogP contribution in [0.3, 0.4) is 0 Å². The Hall–Kier alpha value is -3.76. The summed E-state index contributed by atoms with van der Waals surface area (Å²) in [6.45, 7) is 0. The lowest BCUT2D eigenvalue weighted by molar-refractivity contribution is 1.11. The number of aromatic nitrogens is 3. The highest BCUT2D eigenvalue weighted by atomic mass is 79.9. The Morgan fingerprint density at radius 2 is 1.19 bits per heavy atom. The summed E-state index contributed by atoms with van der Waals surface area (Å²) in [6, 6.07) is 35.7. The van der Waals surface area contributed by atoms with Gasteiger partial charge in [0, 0.05) is 27.2 Å². The van der Waals surface area contributed by atoms with Crippen LogP contribution >= 0.6 is 15.9 Å². The molecule has 6 aromatic rings. The molecule has 3 nitrogen and oxygen atoms in total. The SMILES string of the molecule is Brc1ccc(-c2nnc3c4ccccc4c(-c4ccccc4-c4ccccc4)cn23)cc1. The Morgan fingerprint density at radius 3 is 1.97 bits per heavy atom. The maximum absolute atomic E-state index is 4.56. The molecule has 0 aliphatic rings. The van der Waals surface area contributed by atoms with Crippen LogP contribution in [0.1, 0.15) is 0 Å². The van der Waals surface area contributed by atoms with Gasteiger partial charge in [0.25, 0.3) is 0 Å². The maximum Gasteiger partial charge on any atom is 0.169 e. The van der Waals surface area contributed by atoms with Gasteiger partial charge in [-0.3, -0.25) is 4.40 Å². The fraction of sp³-hybridized carbons (Fsp3) is 0. The summed E-state index contributed by atoms with van der Waals surface area (Å²) in [4.78, 5) is 0. The molecule has 2 aromatic heterocycles. The largest absolute Gasteiger partial charge is 0.281 e. The van der Waals surface area contributed by atoms with E-state index in [2.05, 4.69) is 128 Å². The van der Waals surface area contributed by atoms with Crippen molar-refractivity contribution in [1.29, 1.82) is 0 Å². The van der Waals surface area contributed by atoms with Gasteiger partial charge in [-0.1, -0.05) is 107 Å². The molecular formula is C28H18BrN3. The van der Waals surface area contributed by atoms with Crippen molar-refractivity contribution in [3.8, 4) is 33.6 Å². The van der Waals surface area contributed by atoms with Crippen LogP contribution in [-0.4, -0.2) is 14.6 Å². The summed E-state index contributed by atoms with van der Waals surface area (Å²) in [5.41, 5.74) is 6.63. The van der Waals surface area contributed by atoms with Crippen molar-refractivity contribution in [3.63, 3.8) is 0 Å². The number of nitrogens with zero attached hydrogens (tertiary/aromatic N) is 3. The van der Waals surface area contributed by atoms with Crippen molar-refractivity contribution in [2.24, 2.45) is 0 Å². The standard InChI is InChI=1S/C28H18BrN3/c29-21-16-14-20(15-17-21)27-30-31-28-25-13-7-6-12-24(25)26(18-32(27)28)23-11-5-4-10-22(23)19-8-2-1-3-9-19/h1-18H. The first-order chi connectivity index (χ1) is 15.8. The molecule has 0 radical (unpaired) electrons. The van der Waals surface area contributed by atoms with Gasteiger partial charge in [-0.05, 0) is 34.2 Å². The van der Waals surface area contributed by atoms with E-state index in [4.69, 9.17) is 0 Å². The van der Waals surface area contributed by atoms with Gasteiger partial charge >= 0.3 is 0 Å². The first kappa shape index (κ1) is 19.0. The smallest absolute Gasteiger partial charge is 0.169 e. The van der Waals surface area contributed by atoms with Crippen molar-refractivity contribution in [2.45, 2.75) is 0 Å². The third kappa shape index (κ3) is 3.12. The fourth-order valence-electron chi connectivity index (χ4n) is 4.31. The Morgan fingerprint density at radius 1 is 0.531 bits per heavy atom. The van der Waals surface area contributed by atoms with Crippen molar-refractivity contribution in [3.05, 3.63) is 114 Å². The molecule has 0 fully saturated rings. The predicted molar refractivity (Wildman–Crippen MR) is 135 cm³/mol. The molecule has 0 saturated heterocycles. The molecule has 152 valence electrons. The number of rotatable bonds is 3. The summed E-state index contributed by atoms with van der Waals surface area (Å²) in [5.74, 6) is 0.830. The molecule has 6 rings (SSSR count). The molecule has 0 spiro atoms. The van der Waals surface area contributed by atoms with Gasteiger partial charge < -0.3 is 0 Å². The van der Waals surface area contributed by atoms with E-state index in [1.807, 2.05) is 12.1 Å². The Balaban J connectivity index is 1.68. The number of pyridine rings is 1. The van der Waals surface area contributed by atoms with Crippen LogP contribution in [0.4, 0.5) is 0 Å². The molecule has 32 heavy (non-hydrogen) atoms. The first-order valence-corrected chi connectivity index (χ1v) is 11.3. The molecule has 0 atom stereocenters. The van der Waals surface area contributed by atoms with E-state index in [9.17, 15) is 0 Å². The Kier molecular flexibility index (Phi) is 4.58. The maximum atomic E-state index is 4.56. The van der Waals surface area contributed by atoms with E-state index in [1.165, 1.54) is 16.7 Å². The molecule has 0 N–H and O–H groups in total. The third-order valence-electron chi connectivity index (χ3n) is 5.82. The normalized spacial score (nSPS) is 11.3. The van der Waals surface area contributed by atoms with Crippen LogP contribution in [-0.2, 0) is 0 Å². The van der Waals surface area contributed by atoms with Crippen molar-refractivity contribution >= 4 is 32.3 Å². The van der Waals surface area contributed by atoms with E-state index >= 15 is 0 Å². The van der Waals surface area contributed by atoms with Crippen molar-refractivity contribution < 1.29 is 0 Å². The van der Waals surface area contributed by atoms with Gasteiger partial charge in [0.2, 0.25) is 0 Å². The molecule has 0 aliphatic heterocycles. The summed E-state index contributed by atoms with van der Waals surface area (Å²) in [6.07, 6.45) is 2.18. The van der Waals surface area contributed by atoms with Crippen LogP contribution in [0.15, 0.2) is 114 Å².